The van der Waals surface area contributed by atoms with Crippen LogP contribution in [0.2, 0.25) is 0 Å². The van der Waals surface area contributed by atoms with Crippen molar-refractivity contribution in [2.45, 2.75) is 36.9 Å². The highest BCUT2D eigenvalue weighted by Crippen LogP contribution is 2.26. The zero-order valence-electron chi connectivity index (χ0n) is 23.5. The van der Waals surface area contributed by atoms with Gasteiger partial charge in [-0.05, 0) is 72.4 Å². The van der Waals surface area contributed by atoms with Crippen molar-refractivity contribution in [3.05, 3.63) is 78.6 Å². The molecule has 0 aliphatic carbocycles. The Hall–Kier alpha value is -3.48. The summed E-state index contributed by atoms with van der Waals surface area (Å²) >= 11 is 0. The highest BCUT2D eigenvalue weighted by Gasteiger charge is 2.18. The van der Waals surface area contributed by atoms with Gasteiger partial charge in [0.2, 0.25) is 0 Å². The summed E-state index contributed by atoms with van der Waals surface area (Å²) in [5.41, 5.74) is 4.56. The molecule has 0 radical (unpaired) electrons. The van der Waals surface area contributed by atoms with E-state index < -0.39 is 22.2 Å². The van der Waals surface area contributed by atoms with E-state index in [0.717, 1.165) is 79.4 Å². The summed E-state index contributed by atoms with van der Waals surface area (Å²) in [7, 11) is -3.84. The van der Waals surface area contributed by atoms with E-state index >= 15 is 0 Å². The van der Waals surface area contributed by atoms with Crippen LogP contribution in [0.25, 0.3) is 17.2 Å². The van der Waals surface area contributed by atoms with Crippen LogP contribution in [0.3, 0.4) is 0 Å². The molecule has 2 aromatic carbocycles. The SMILES string of the molecule is O=C(C=Cc1ccn(S(=O)(=O)c2cccc(-c3ccc(OCCCN4CCOCC4)cc3)c2)c1)NOC1CCCCO1. The fraction of sp³-hybridized carbons (Fsp3) is 0.387. The third-order valence-corrected chi connectivity index (χ3v) is 8.77. The predicted octanol–water partition coefficient (Wildman–Crippen LogP) is 4.08. The lowest BCUT2D eigenvalue weighted by molar-refractivity contribution is -0.198. The van der Waals surface area contributed by atoms with Gasteiger partial charge in [0.1, 0.15) is 5.75 Å². The summed E-state index contributed by atoms with van der Waals surface area (Å²) in [6.07, 6.45) is 8.91. The molecule has 1 amide bonds. The largest absolute Gasteiger partial charge is 0.494 e. The smallest absolute Gasteiger partial charge is 0.267 e. The Bertz CT molecular complexity index is 1440. The minimum absolute atomic E-state index is 0.160. The third-order valence-electron chi connectivity index (χ3n) is 7.13. The van der Waals surface area contributed by atoms with Crippen LogP contribution in [-0.2, 0) is 29.1 Å². The van der Waals surface area contributed by atoms with Crippen molar-refractivity contribution in [1.82, 2.24) is 14.4 Å². The summed E-state index contributed by atoms with van der Waals surface area (Å²) in [6.45, 7) is 5.76. The number of nitrogens with one attached hydrogen (secondary N) is 1. The number of hydroxylamine groups is 1. The van der Waals surface area contributed by atoms with Crippen LogP contribution < -0.4 is 10.2 Å². The summed E-state index contributed by atoms with van der Waals surface area (Å²) in [5.74, 6) is 0.317. The van der Waals surface area contributed by atoms with E-state index in [-0.39, 0.29) is 4.90 Å². The van der Waals surface area contributed by atoms with Gasteiger partial charge < -0.3 is 14.2 Å². The van der Waals surface area contributed by atoms with Gasteiger partial charge in [0.15, 0.2) is 6.29 Å². The van der Waals surface area contributed by atoms with Crippen LogP contribution in [-0.4, -0.2) is 75.5 Å². The molecule has 42 heavy (non-hydrogen) atoms. The Morgan fingerprint density at radius 2 is 1.86 bits per heavy atom. The first-order valence-electron chi connectivity index (χ1n) is 14.3. The Balaban J connectivity index is 1.15. The van der Waals surface area contributed by atoms with Gasteiger partial charge in [0.05, 0.1) is 24.7 Å². The number of ether oxygens (including phenoxy) is 3. The number of carbonyl (C=O) groups is 1. The highest BCUT2D eigenvalue weighted by atomic mass is 32.2. The monoisotopic (exact) mass is 595 g/mol. The molecule has 11 heteroatoms. The first-order valence-corrected chi connectivity index (χ1v) is 15.7. The van der Waals surface area contributed by atoms with Crippen LogP contribution in [0.4, 0.5) is 0 Å². The molecule has 224 valence electrons. The Morgan fingerprint density at radius 3 is 2.64 bits per heavy atom. The number of nitrogens with zero attached hydrogens (tertiary/aromatic N) is 2. The van der Waals surface area contributed by atoms with Gasteiger partial charge >= 0.3 is 0 Å². The van der Waals surface area contributed by atoms with Gasteiger partial charge in [-0.2, -0.15) is 0 Å². The Morgan fingerprint density at radius 1 is 1.02 bits per heavy atom. The first-order chi connectivity index (χ1) is 20.5. The molecule has 3 aromatic rings. The molecule has 1 unspecified atom stereocenters. The summed E-state index contributed by atoms with van der Waals surface area (Å²) in [4.78, 5) is 19.9. The van der Waals surface area contributed by atoms with Gasteiger partial charge in [-0.3, -0.25) is 9.69 Å². The maximum Gasteiger partial charge on any atom is 0.267 e. The summed E-state index contributed by atoms with van der Waals surface area (Å²) in [5, 5.41) is 0. The minimum atomic E-state index is -3.84. The fourth-order valence-electron chi connectivity index (χ4n) is 4.78. The Labute approximate surface area is 246 Å². The van der Waals surface area contributed by atoms with Crippen molar-refractivity contribution in [2.24, 2.45) is 0 Å². The lowest BCUT2D eigenvalue weighted by atomic mass is 10.1. The molecule has 2 fully saturated rings. The van der Waals surface area contributed by atoms with Crippen molar-refractivity contribution >= 4 is 22.0 Å². The first kappa shape index (κ1) is 30.0. The van der Waals surface area contributed by atoms with Crippen molar-refractivity contribution in [3.8, 4) is 16.9 Å². The van der Waals surface area contributed by atoms with E-state index in [2.05, 4.69) is 10.4 Å². The predicted molar refractivity (Wildman–Crippen MR) is 158 cm³/mol. The third kappa shape index (κ3) is 8.30. The Kier molecular flexibility index (Phi) is 10.4. The van der Waals surface area contributed by atoms with Gasteiger partial charge in [-0.25, -0.2) is 22.7 Å². The van der Waals surface area contributed by atoms with Gasteiger partial charge in [0.25, 0.3) is 15.9 Å². The zero-order chi connectivity index (χ0) is 29.2. The zero-order valence-corrected chi connectivity index (χ0v) is 24.3. The van der Waals surface area contributed by atoms with Crippen LogP contribution in [0.5, 0.6) is 5.75 Å². The number of amides is 1. The van der Waals surface area contributed by atoms with Gasteiger partial charge in [0, 0.05) is 51.1 Å². The number of rotatable bonds is 12. The topological polar surface area (TPSA) is 108 Å². The molecule has 3 heterocycles. The number of benzene rings is 2. The molecule has 1 aromatic heterocycles. The van der Waals surface area contributed by atoms with Gasteiger partial charge in [-0.1, -0.05) is 24.3 Å². The fourth-order valence-corrected chi connectivity index (χ4v) is 6.03. The van der Waals surface area contributed by atoms with Crippen molar-refractivity contribution < 1.29 is 32.3 Å². The average Bonchev–Trinajstić information content (AvgIpc) is 3.53. The van der Waals surface area contributed by atoms with Crippen molar-refractivity contribution in [1.29, 1.82) is 0 Å². The molecule has 2 aliphatic rings. The molecule has 2 saturated heterocycles. The molecule has 10 nitrogen and oxygen atoms in total. The summed E-state index contributed by atoms with van der Waals surface area (Å²) < 4.78 is 44.6. The number of aromatic nitrogens is 1. The van der Waals surface area contributed by atoms with Crippen LogP contribution >= 0.6 is 0 Å². The molecule has 0 spiro atoms. The number of hydrogen-bond donors (Lipinski definition) is 1. The number of carbonyl (C=O) groups excluding carboxylic acids is 1. The second-order valence-corrected chi connectivity index (χ2v) is 12.0. The van der Waals surface area contributed by atoms with Crippen LogP contribution in [0, 0.1) is 0 Å². The molecule has 0 saturated carbocycles. The van der Waals surface area contributed by atoms with Gasteiger partial charge in [-0.15, -0.1) is 0 Å². The molecular formula is C31H37N3O7S. The second-order valence-electron chi connectivity index (χ2n) is 10.2. The standard InChI is InChI=1S/C31H37N3O7S/c35-30(32-41-31-7-1-2-19-40-31)13-8-25-14-16-34(24-25)42(36,37)29-6-3-5-27(23-29)26-9-11-28(12-10-26)39-20-4-15-33-17-21-38-22-18-33/h3,5-6,8-14,16,23-24,31H,1-2,4,7,15,17-22H2,(H,32,35). The summed E-state index contributed by atoms with van der Waals surface area (Å²) in [6, 6.07) is 16.1. The average molecular weight is 596 g/mol. The lowest BCUT2D eigenvalue weighted by Gasteiger charge is -2.26. The maximum atomic E-state index is 13.4. The quantitative estimate of drug-likeness (QED) is 0.190. The van der Waals surface area contributed by atoms with E-state index in [1.54, 1.807) is 24.3 Å². The van der Waals surface area contributed by atoms with Crippen molar-refractivity contribution in [3.63, 3.8) is 0 Å². The van der Waals surface area contributed by atoms with E-state index in [1.165, 1.54) is 24.5 Å². The molecule has 0 bridgehead atoms. The molecule has 1 N–H and O–H groups in total. The highest BCUT2D eigenvalue weighted by molar-refractivity contribution is 7.90. The second kappa shape index (κ2) is 14.6. The molecule has 2 aliphatic heterocycles. The normalized spacial score (nSPS) is 18.2. The van der Waals surface area contributed by atoms with Crippen LogP contribution in [0.1, 0.15) is 31.2 Å². The number of hydrogen-bond acceptors (Lipinski definition) is 8. The van der Waals surface area contributed by atoms with Crippen LogP contribution in [0.15, 0.2) is 78.0 Å². The van der Waals surface area contributed by atoms with E-state index in [1.807, 2.05) is 30.3 Å². The molecule has 5 rings (SSSR count). The van der Waals surface area contributed by atoms with E-state index in [4.69, 9.17) is 19.0 Å². The lowest BCUT2D eigenvalue weighted by Crippen LogP contribution is -2.37. The van der Waals surface area contributed by atoms with E-state index in [0.29, 0.717) is 18.8 Å². The van der Waals surface area contributed by atoms with Crippen molar-refractivity contribution in [2.75, 3.05) is 46.1 Å². The minimum Gasteiger partial charge on any atom is -0.494 e. The maximum absolute atomic E-state index is 13.4. The number of morpholine rings is 1. The molecule has 1 atom stereocenters. The molecular weight excluding hydrogens is 558 g/mol. The van der Waals surface area contributed by atoms with E-state index in [9.17, 15) is 13.2 Å².